The fraction of sp³-hybridized carbons (Fsp3) is 0.553. The van der Waals surface area contributed by atoms with Gasteiger partial charge in [-0.3, -0.25) is 9.88 Å². The Hall–Kier alpha value is -3.44. The van der Waals surface area contributed by atoms with Gasteiger partial charge in [0.25, 0.3) is 0 Å². The Morgan fingerprint density at radius 2 is 1.77 bits per heavy atom. The van der Waals surface area contributed by atoms with Crippen LogP contribution in [-0.2, 0) is 15.9 Å². The molecule has 5 saturated heterocycles. The van der Waals surface area contributed by atoms with Crippen molar-refractivity contribution in [2.24, 2.45) is 0 Å². The molecule has 48 heavy (non-hydrogen) atoms. The number of fused-ring (bicyclic) bond motifs is 5. The fourth-order valence-corrected chi connectivity index (χ4v) is 9.11. The molecule has 5 aliphatic heterocycles. The van der Waals surface area contributed by atoms with E-state index >= 15 is 4.39 Å². The topological polar surface area (TPSA) is 84.9 Å². The molecule has 0 radical (unpaired) electrons. The lowest BCUT2D eigenvalue weighted by Crippen LogP contribution is -2.51. The summed E-state index contributed by atoms with van der Waals surface area (Å²) in [5.41, 5.74) is 2.46. The molecular weight excluding hydrogens is 607 g/mol. The third-order valence-electron chi connectivity index (χ3n) is 11.5. The van der Waals surface area contributed by atoms with Crippen LogP contribution in [0.4, 0.5) is 10.2 Å². The third kappa shape index (κ3) is 5.60. The number of hydrogen-bond acceptors (Lipinski definition) is 9. The standard InChI is InChI=1S/C38H45FN6O3/c39-33-34(29-10-4-9-25-7-3-8-26(32(25)29)14-20-47-31-11-1-2-19-46-31)40-21-30-35(33)42-37(48-24-38-15-5-17-45(38)18-6-16-38)43-36(30)44-22-27-12-13-28(23-44)41-27/h3-4,7-10,21,27-28,31,41H,1-2,5-6,11-20,22-24H2. The van der Waals surface area contributed by atoms with E-state index in [1.54, 1.807) is 6.20 Å². The van der Waals surface area contributed by atoms with Crippen molar-refractivity contribution in [2.75, 3.05) is 50.9 Å². The Balaban J connectivity index is 1.09. The van der Waals surface area contributed by atoms with Crippen LogP contribution in [-0.4, -0.2) is 89.8 Å². The number of ether oxygens (including phenoxy) is 3. The van der Waals surface area contributed by atoms with Gasteiger partial charge >= 0.3 is 6.01 Å². The van der Waals surface area contributed by atoms with Crippen LogP contribution in [0, 0.1) is 5.82 Å². The van der Waals surface area contributed by atoms with Crippen molar-refractivity contribution in [3.63, 3.8) is 0 Å². The Morgan fingerprint density at radius 1 is 0.958 bits per heavy atom. The van der Waals surface area contributed by atoms with E-state index < -0.39 is 5.82 Å². The van der Waals surface area contributed by atoms with Gasteiger partial charge in [0.15, 0.2) is 12.1 Å². The molecule has 4 aromatic rings. The van der Waals surface area contributed by atoms with Crippen LogP contribution in [0.1, 0.15) is 63.4 Å². The number of piperazine rings is 1. The summed E-state index contributed by atoms with van der Waals surface area (Å²) in [6, 6.07) is 13.3. The molecule has 3 atom stereocenters. The highest BCUT2D eigenvalue weighted by Crippen LogP contribution is 2.40. The maximum Gasteiger partial charge on any atom is 0.319 e. The lowest BCUT2D eigenvalue weighted by atomic mass is 9.95. The van der Waals surface area contributed by atoms with Gasteiger partial charge in [0, 0.05) is 43.5 Å². The SMILES string of the molecule is Fc1c(-c2cccc3cccc(CCOC4CCCCO4)c23)ncc2c(N3CC4CCC(C3)N4)nc(OCC34CCCN3CCC4)nc12. The van der Waals surface area contributed by atoms with Gasteiger partial charge in [-0.2, -0.15) is 9.97 Å². The first-order valence-corrected chi connectivity index (χ1v) is 18.1. The zero-order chi connectivity index (χ0) is 32.1. The second-order valence-corrected chi connectivity index (χ2v) is 14.5. The van der Waals surface area contributed by atoms with Gasteiger partial charge in [-0.25, -0.2) is 4.39 Å². The van der Waals surface area contributed by atoms with Crippen LogP contribution in [0.2, 0.25) is 0 Å². The van der Waals surface area contributed by atoms with Crippen molar-refractivity contribution in [2.45, 2.75) is 88.1 Å². The zero-order valence-corrected chi connectivity index (χ0v) is 27.6. The maximum atomic E-state index is 17.1. The van der Waals surface area contributed by atoms with Crippen molar-refractivity contribution < 1.29 is 18.6 Å². The normalized spacial score (nSPS) is 25.3. The average Bonchev–Trinajstić information content (AvgIpc) is 3.81. The number of anilines is 1. The Labute approximate surface area is 281 Å². The Bertz CT molecular complexity index is 1790. The van der Waals surface area contributed by atoms with E-state index in [4.69, 9.17) is 29.2 Å². The number of rotatable bonds is 9. The molecule has 2 aromatic heterocycles. The van der Waals surface area contributed by atoms with E-state index in [-0.39, 0.29) is 23.4 Å². The quantitative estimate of drug-likeness (QED) is 0.234. The van der Waals surface area contributed by atoms with Gasteiger partial charge in [0.2, 0.25) is 0 Å². The van der Waals surface area contributed by atoms with Crippen molar-refractivity contribution in [3.05, 3.63) is 54.0 Å². The molecule has 1 N–H and O–H groups in total. The van der Waals surface area contributed by atoms with E-state index in [0.29, 0.717) is 42.8 Å². The van der Waals surface area contributed by atoms with E-state index in [2.05, 4.69) is 39.4 Å². The fourth-order valence-electron chi connectivity index (χ4n) is 9.11. The van der Waals surface area contributed by atoms with E-state index in [0.717, 1.165) is 105 Å². The van der Waals surface area contributed by atoms with Gasteiger partial charge in [-0.15, -0.1) is 0 Å². The third-order valence-corrected chi connectivity index (χ3v) is 11.5. The summed E-state index contributed by atoms with van der Waals surface area (Å²) in [6.45, 7) is 5.71. The van der Waals surface area contributed by atoms with Gasteiger partial charge in [-0.05, 0) is 93.6 Å². The second-order valence-electron chi connectivity index (χ2n) is 14.5. The molecular formula is C38H45FN6O3. The lowest BCUT2D eigenvalue weighted by Gasteiger charge is -2.34. The monoisotopic (exact) mass is 652 g/mol. The minimum Gasteiger partial charge on any atom is -0.461 e. The number of nitrogens with zero attached hydrogens (tertiary/aromatic N) is 5. The number of nitrogens with one attached hydrogen (secondary N) is 1. The van der Waals surface area contributed by atoms with Crippen LogP contribution < -0.4 is 15.0 Å². The summed E-state index contributed by atoms with van der Waals surface area (Å²) < 4.78 is 35.4. The maximum absolute atomic E-state index is 17.1. The van der Waals surface area contributed by atoms with Crippen molar-refractivity contribution in [1.29, 1.82) is 0 Å². The Kier molecular flexibility index (Phi) is 8.15. The molecule has 9 nitrogen and oxygen atoms in total. The zero-order valence-electron chi connectivity index (χ0n) is 27.6. The van der Waals surface area contributed by atoms with Crippen molar-refractivity contribution >= 4 is 27.5 Å². The predicted molar refractivity (Wildman–Crippen MR) is 184 cm³/mol. The number of pyridine rings is 1. The molecule has 3 unspecified atom stereocenters. The lowest BCUT2D eigenvalue weighted by molar-refractivity contribution is -0.161. The predicted octanol–water partition coefficient (Wildman–Crippen LogP) is 6.02. The van der Waals surface area contributed by atoms with Crippen LogP contribution in [0.3, 0.4) is 0 Å². The summed E-state index contributed by atoms with van der Waals surface area (Å²) in [6.07, 6.45) is 12.4. The summed E-state index contributed by atoms with van der Waals surface area (Å²) in [7, 11) is 0. The second kappa shape index (κ2) is 12.8. The first-order chi connectivity index (χ1) is 23.6. The minimum atomic E-state index is -0.435. The average molecular weight is 653 g/mol. The molecule has 7 heterocycles. The summed E-state index contributed by atoms with van der Waals surface area (Å²) in [5, 5.41) is 6.37. The summed E-state index contributed by atoms with van der Waals surface area (Å²) >= 11 is 0. The van der Waals surface area contributed by atoms with E-state index in [9.17, 15) is 0 Å². The molecule has 252 valence electrons. The van der Waals surface area contributed by atoms with Crippen LogP contribution in [0.25, 0.3) is 32.9 Å². The van der Waals surface area contributed by atoms with Crippen molar-refractivity contribution in [3.8, 4) is 17.3 Å². The highest BCUT2D eigenvalue weighted by molar-refractivity contribution is 6.00. The number of hydrogen-bond donors (Lipinski definition) is 1. The number of halogens is 1. The van der Waals surface area contributed by atoms with Gasteiger partial charge < -0.3 is 24.4 Å². The summed E-state index contributed by atoms with van der Waals surface area (Å²) in [4.78, 5) is 19.5. The molecule has 10 heteroatoms. The van der Waals surface area contributed by atoms with Crippen LogP contribution >= 0.6 is 0 Å². The van der Waals surface area contributed by atoms with E-state index in [1.165, 1.54) is 12.8 Å². The molecule has 0 amide bonds. The van der Waals surface area contributed by atoms with Crippen LogP contribution in [0.15, 0.2) is 42.6 Å². The largest absolute Gasteiger partial charge is 0.461 e. The molecule has 2 aromatic carbocycles. The molecule has 9 rings (SSSR count). The molecule has 2 bridgehead atoms. The molecule has 0 aliphatic carbocycles. The molecule has 5 fully saturated rings. The molecule has 0 spiro atoms. The number of aromatic nitrogens is 3. The van der Waals surface area contributed by atoms with Gasteiger partial charge in [0.1, 0.15) is 23.6 Å². The molecule has 0 saturated carbocycles. The molecule has 5 aliphatic rings. The smallest absolute Gasteiger partial charge is 0.319 e. The summed E-state index contributed by atoms with van der Waals surface area (Å²) in [5.74, 6) is 0.286. The van der Waals surface area contributed by atoms with Gasteiger partial charge in [-0.1, -0.05) is 36.4 Å². The minimum absolute atomic E-state index is 0.0424. The van der Waals surface area contributed by atoms with Gasteiger partial charge in [0.05, 0.1) is 17.5 Å². The van der Waals surface area contributed by atoms with E-state index in [1.807, 2.05) is 12.1 Å². The van der Waals surface area contributed by atoms with Crippen molar-refractivity contribution in [1.82, 2.24) is 25.2 Å². The highest BCUT2D eigenvalue weighted by atomic mass is 19.1. The van der Waals surface area contributed by atoms with Crippen LogP contribution in [0.5, 0.6) is 6.01 Å². The number of benzene rings is 2. The highest BCUT2D eigenvalue weighted by Gasteiger charge is 2.45. The first kappa shape index (κ1) is 30.6. The first-order valence-electron chi connectivity index (χ1n) is 18.1. The Morgan fingerprint density at radius 3 is 2.56 bits per heavy atom.